The van der Waals surface area contributed by atoms with Gasteiger partial charge in [-0.2, -0.15) is 0 Å². The van der Waals surface area contributed by atoms with Crippen molar-refractivity contribution in [2.45, 2.75) is 24.8 Å². The van der Waals surface area contributed by atoms with Gasteiger partial charge in [0.2, 0.25) is 0 Å². The molecule has 0 heterocycles. The molecule has 0 bridgehead atoms. The maximum atomic E-state index is 11.8. The largest absolute Gasteiger partial charge is 0.357 e. The highest BCUT2D eigenvalue weighted by Crippen LogP contribution is 2.10. The Morgan fingerprint density at radius 2 is 1.73 bits per heavy atom. The van der Waals surface area contributed by atoms with Crippen LogP contribution in [0.1, 0.15) is 28.4 Å². The lowest BCUT2D eigenvalue weighted by molar-refractivity contribution is 0.0963. The summed E-state index contributed by atoms with van der Waals surface area (Å²) in [6.07, 6.45) is 1.94. The number of nitrogens with zero attached hydrogens (tertiary/aromatic N) is 1. The second kappa shape index (κ2) is 12.5. The molecule has 2 rings (SSSR count). The molecule has 0 aliphatic rings. The Balaban J connectivity index is 0.00000450. The number of nitrogens with one attached hydrogen (secondary N) is 3. The number of guanidine groups is 1. The van der Waals surface area contributed by atoms with Crippen molar-refractivity contribution in [3.05, 3.63) is 65.2 Å². The molecular weight excluding hydrogens is 515 g/mol. The third kappa shape index (κ3) is 8.31. The highest BCUT2D eigenvalue weighted by molar-refractivity contribution is 14.0. The Labute approximate surface area is 195 Å². The van der Waals surface area contributed by atoms with Gasteiger partial charge in [0.1, 0.15) is 0 Å². The number of sulfone groups is 1. The number of benzene rings is 2. The second-order valence-corrected chi connectivity index (χ2v) is 8.58. The average Bonchev–Trinajstić information content (AvgIpc) is 2.71. The summed E-state index contributed by atoms with van der Waals surface area (Å²) in [4.78, 5) is 16.6. The lowest BCUT2D eigenvalue weighted by Crippen LogP contribution is -2.38. The number of carbonyl (C=O) groups excluding carboxylic acids is 1. The van der Waals surface area contributed by atoms with Crippen LogP contribution in [-0.4, -0.2) is 46.7 Å². The van der Waals surface area contributed by atoms with Gasteiger partial charge in [-0.15, -0.1) is 24.0 Å². The summed E-state index contributed by atoms with van der Waals surface area (Å²) >= 11 is 0. The minimum Gasteiger partial charge on any atom is -0.357 e. The molecular formula is C21H29IN4O3S. The van der Waals surface area contributed by atoms with Gasteiger partial charge in [0.05, 0.1) is 11.4 Å². The molecule has 0 spiro atoms. The van der Waals surface area contributed by atoms with Gasteiger partial charge in [0.15, 0.2) is 15.8 Å². The van der Waals surface area contributed by atoms with Gasteiger partial charge in [0.25, 0.3) is 5.91 Å². The first-order valence-electron chi connectivity index (χ1n) is 9.45. The zero-order valence-electron chi connectivity index (χ0n) is 17.4. The summed E-state index contributed by atoms with van der Waals surface area (Å²) in [6, 6.07) is 14.3. The third-order valence-corrected chi connectivity index (χ3v) is 5.37. The Bertz CT molecular complexity index is 960. The molecule has 7 nitrogen and oxygen atoms in total. The van der Waals surface area contributed by atoms with Crippen molar-refractivity contribution in [1.29, 1.82) is 0 Å². The van der Waals surface area contributed by atoms with E-state index in [-0.39, 0.29) is 29.9 Å². The average molecular weight is 544 g/mol. The quantitative estimate of drug-likeness (QED) is 0.269. The molecule has 0 aliphatic carbocycles. The first-order valence-corrected chi connectivity index (χ1v) is 11.3. The molecule has 0 saturated heterocycles. The van der Waals surface area contributed by atoms with Crippen molar-refractivity contribution in [2.24, 2.45) is 4.99 Å². The van der Waals surface area contributed by atoms with Crippen LogP contribution < -0.4 is 16.0 Å². The van der Waals surface area contributed by atoms with Crippen molar-refractivity contribution in [3.63, 3.8) is 0 Å². The number of hydrogen-bond acceptors (Lipinski definition) is 4. The zero-order chi connectivity index (χ0) is 21.3. The van der Waals surface area contributed by atoms with E-state index in [2.05, 4.69) is 20.9 Å². The van der Waals surface area contributed by atoms with Gasteiger partial charge in [-0.25, -0.2) is 13.4 Å². The zero-order valence-corrected chi connectivity index (χ0v) is 20.6. The summed E-state index contributed by atoms with van der Waals surface area (Å²) in [6.45, 7) is 3.83. The van der Waals surface area contributed by atoms with Crippen LogP contribution in [-0.2, 0) is 22.8 Å². The van der Waals surface area contributed by atoms with E-state index in [0.29, 0.717) is 29.5 Å². The molecule has 0 fully saturated rings. The van der Waals surface area contributed by atoms with Crippen LogP contribution >= 0.6 is 24.0 Å². The predicted molar refractivity (Wildman–Crippen MR) is 131 cm³/mol. The van der Waals surface area contributed by atoms with Gasteiger partial charge in [-0.3, -0.25) is 4.79 Å². The SMILES string of the molecule is CCNC(=NCc1cccc(C(=O)NC)c1)NCCc1ccc(S(C)(=O)=O)cc1.I. The molecule has 3 N–H and O–H groups in total. The van der Waals surface area contributed by atoms with E-state index in [4.69, 9.17) is 0 Å². The number of rotatable bonds is 8. The molecule has 30 heavy (non-hydrogen) atoms. The summed E-state index contributed by atoms with van der Waals surface area (Å²) in [5.41, 5.74) is 2.59. The van der Waals surface area contributed by atoms with Crippen molar-refractivity contribution in [2.75, 3.05) is 26.4 Å². The van der Waals surface area contributed by atoms with Gasteiger partial charge >= 0.3 is 0 Å². The first-order chi connectivity index (χ1) is 13.8. The van der Waals surface area contributed by atoms with E-state index in [1.54, 1.807) is 25.2 Å². The van der Waals surface area contributed by atoms with Crippen LogP contribution in [0.25, 0.3) is 0 Å². The molecule has 0 atom stereocenters. The molecule has 0 radical (unpaired) electrons. The number of halogens is 1. The number of amides is 1. The highest BCUT2D eigenvalue weighted by Gasteiger charge is 2.06. The number of carbonyl (C=O) groups is 1. The van der Waals surface area contributed by atoms with Crippen molar-refractivity contribution in [3.8, 4) is 0 Å². The Hall–Kier alpha value is -2.14. The highest BCUT2D eigenvalue weighted by atomic mass is 127. The third-order valence-electron chi connectivity index (χ3n) is 4.24. The lowest BCUT2D eigenvalue weighted by Gasteiger charge is -2.12. The van der Waals surface area contributed by atoms with E-state index in [1.807, 2.05) is 37.3 Å². The molecule has 0 aromatic heterocycles. The molecule has 2 aromatic rings. The van der Waals surface area contributed by atoms with Crippen LogP contribution in [0.3, 0.4) is 0 Å². The monoisotopic (exact) mass is 544 g/mol. The summed E-state index contributed by atoms with van der Waals surface area (Å²) < 4.78 is 23.1. The predicted octanol–water partition coefficient (Wildman–Crippen LogP) is 2.37. The van der Waals surface area contributed by atoms with E-state index in [1.165, 1.54) is 6.26 Å². The minimum absolute atomic E-state index is 0. The van der Waals surface area contributed by atoms with Crippen molar-refractivity contribution >= 4 is 45.7 Å². The van der Waals surface area contributed by atoms with Crippen molar-refractivity contribution in [1.82, 2.24) is 16.0 Å². The molecule has 9 heteroatoms. The van der Waals surface area contributed by atoms with E-state index in [0.717, 1.165) is 24.1 Å². The number of hydrogen-bond donors (Lipinski definition) is 3. The van der Waals surface area contributed by atoms with Crippen LogP contribution in [0.5, 0.6) is 0 Å². The fraction of sp³-hybridized carbons (Fsp3) is 0.333. The topological polar surface area (TPSA) is 99.7 Å². The smallest absolute Gasteiger partial charge is 0.251 e. The van der Waals surface area contributed by atoms with Gasteiger partial charge < -0.3 is 16.0 Å². The number of aliphatic imine (C=N–C) groups is 1. The fourth-order valence-corrected chi connectivity index (χ4v) is 3.33. The molecule has 164 valence electrons. The second-order valence-electron chi connectivity index (χ2n) is 6.57. The Kier molecular flexibility index (Phi) is 10.8. The van der Waals surface area contributed by atoms with Crippen molar-refractivity contribution < 1.29 is 13.2 Å². The minimum atomic E-state index is -3.17. The summed E-state index contributed by atoms with van der Waals surface area (Å²) in [5, 5.41) is 9.09. The molecule has 0 saturated carbocycles. The summed E-state index contributed by atoms with van der Waals surface area (Å²) in [5.74, 6) is 0.563. The van der Waals surface area contributed by atoms with Gasteiger partial charge in [-0.1, -0.05) is 24.3 Å². The first kappa shape index (κ1) is 25.9. The van der Waals surface area contributed by atoms with E-state index >= 15 is 0 Å². The standard InChI is InChI=1S/C21H28N4O3S.HI/c1-4-23-21(25-15-17-6-5-7-18(14-17)20(26)22-2)24-13-12-16-8-10-19(11-9-16)29(3,27)28;/h5-11,14H,4,12-13,15H2,1-3H3,(H,22,26)(H2,23,24,25);1H. The normalized spacial score (nSPS) is 11.4. The maximum Gasteiger partial charge on any atom is 0.251 e. The summed E-state index contributed by atoms with van der Waals surface area (Å²) in [7, 11) is -1.57. The van der Waals surface area contributed by atoms with Crippen LogP contribution in [0.2, 0.25) is 0 Å². The van der Waals surface area contributed by atoms with Crippen LogP contribution in [0.15, 0.2) is 58.4 Å². The Morgan fingerprint density at radius 1 is 1.03 bits per heavy atom. The van der Waals surface area contributed by atoms with Crippen LogP contribution in [0.4, 0.5) is 0 Å². The van der Waals surface area contributed by atoms with Gasteiger partial charge in [0, 0.05) is 32.0 Å². The maximum absolute atomic E-state index is 11.8. The van der Waals surface area contributed by atoms with Gasteiger partial charge in [-0.05, 0) is 48.7 Å². The lowest BCUT2D eigenvalue weighted by atomic mass is 10.1. The Morgan fingerprint density at radius 3 is 2.33 bits per heavy atom. The fourth-order valence-electron chi connectivity index (χ4n) is 2.70. The molecule has 0 aliphatic heterocycles. The molecule has 1 amide bonds. The van der Waals surface area contributed by atoms with E-state index in [9.17, 15) is 13.2 Å². The molecule has 0 unspecified atom stereocenters. The van der Waals surface area contributed by atoms with Crippen LogP contribution in [0, 0.1) is 0 Å². The molecule has 2 aromatic carbocycles. The van der Waals surface area contributed by atoms with E-state index < -0.39 is 9.84 Å².